The highest BCUT2D eigenvalue weighted by Gasteiger charge is 2.14. The number of benzene rings is 2. The highest BCUT2D eigenvalue weighted by atomic mass is 32.2. The van der Waals surface area contributed by atoms with Crippen molar-refractivity contribution in [3.05, 3.63) is 54.1 Å². The van der Waals surface area contributed by atoms with Crippen molar-refractivity contribution in [2.24, 2.45) is 0 Å². The fraction of sp³-hybridized carbons (Fsp3) is 0.200. The molecule has 0 heterocycles. The van der Waals surface area contributed by atoms with E-state index in [9.17, 15) is 17.2 Å². The van der Waals surface area contributed by atoms with Gasteiger partial charge in [0, 0.05) is 12.7 Å². The monoisotopic (exact) mass is 327 g/mol. The molecule has 0 fully saturated rings. The Balaban J connectivity index is 2.38. The molecule has 0 atom stereocenters. The van der Waals surface area contributed by atoms with E-state index in [-0.39, 0.29) is 18.0 Å². The number of hydrogen-bond donors (Lipinski definition) is 1. The van der Waals surface area contributed by atoms with E-state index in [1.807, 2.05) is 0 Å². The number of rotatable bonds is 6. The third-order valence-corrected chi connectivity index (χ3v) is 4.19. The number of hydrogen-bond acceptors (Lipinski definition) is 3. The van der Waals surface area contributed by atoms with Gasteiger partial charge in [-0.25, -0.2) is 17.2 Å². The predicted molar refractivity (Wildman–Crippen MR) is 81.1 cm³/mol. The molecule has 0 aromatic heterocycles. The third kappa shape index (κ3) is 4.25. The van der Waals surface area contributed by atoms with Crippen LogP contribution in [0.2, 0.25) is 0 Å². The normalized spacial score (nSPS) is 11.4. The highest BCUT2D eigenvalue weighted by molar-refractivity contribution is 7.92. The smallest absolute Gasteiger partial charge is 0.235 e. The van der Waals surface area contributed by atoms with Crippen molar-refractivity contribution in [2.45, 2.75) is 0 Å². The molecule has 0 amide bonds. The van der Waals surface area contributed by atoms with Gasteiger partial charge >= 0.3 is 0 Å². The molecular formula is C15H15F2NO3S. The lowest BCUT2D eigenvalue weighted by Crippen LogP contribution is -2.20. The first-order valence-electron chi connectivity index (χ1n) is 6.46. The van der Waals surface area contributed by atoms with Gasteiger partial charge in [-0.05, 0) is 35.9 Å². The van der Waals surface area contributed by atoms with Crippen LogP contribution in [0.15, 0.2) is 42.5 Å². The summed E-state index contributed by atoms with van der Waals surface area (Å²) in [6, 6.07) is 9.04. The first kappa shape index (κ1) is 16.4. The Morgan fingerprint density at radius 1 is 1.05 bits per heavy atom. The molecule has 118 valence electrons. The number of sulfonamides is 1. The highest BCUT2D eigenvalue weighted by Crippen LogP contribution is 2.29. The van der Waals surface area contributed by atoms with Gasteiger partial charge in [-0.3, -0.25) is 4.72 Å². The summed E-state index contributed by atoms with van der Waals surface area (Å²) in [5.74, 6) is -1.16. The maximum atomic E-state index is 13.5. The van der Waals surface area contributed by atoms with Crippen molar-refractivity contribution in [1.29, 1.82) is 0 Å². The van der Waals surface area contributed by atoms with Crippen LogP contribution >= 0.6 is 0 Å². The van der Waals surface area contributed by atoms with E-state index in [1.54, 1.807) is 0 Å². The van der Waals surface area contributed by atoms with E-state index in [2.05, 4.69) is 4.72 Å². The first-order valence-corrected chi connectivity index (χ1v) is 8.11. The molecular weight excluding hydrogens is 312 g/mol. The zero-order valence-corrected chi connectivity index (χ0v) is 12.7. The maximum Gasteiger partial charge on any atom is 0.235 e. The zero-order valence-electron chi connectivity index (χ0n) is 11.8. The molecule has 0 saturated carbocycles. The summed E-state index contributed by atoms with van der Waals surface area (Å²) in [5.41, 5.74) is 1.07. The van der Waals surface area contributed by atoms with Crippen LogP contribution in [0.5, 0.6) is 0 Å². The third-order valence-electron chi connectivity index (χ3n) is 2.96. The van der Waals surface area contributed by atoms with Crippen LogP contribution in [0.25, 0.3) is 11.1 Å². The fourth-order valence-electron chi connectivity index (χ4n) is 1.89. The summed E-state index contributed by atoms with van der Waals surface area (Å²) in [6.45, 7) is 0.0441. The SMILES string of the molecule is COCCS(=O)(=O)Nc1ccc(F)cc1-c1ccc(F)cc1. The second-order valence-corrected chi connectivity index (χ2v) is 6.45. The van der Waals surface area contributed by atoms with Gasteiger partial charge in [0.1, 0.15) is 11.6 Å². The van der Waals surface area contributed by atoms with Crippen LogP contribution in [0.1, 0.15) is 0 Å². The average Bonchev–Trinajstić information content (AvgIpc) is 2.48. The van der Waals surface area contributed by atoms with Crippen molar-refractivity contribution in [3.8, 4) is 11.1 Å². The fourth-order valence-corrected chi connectivity index (χ4v) is 2.89. The first-order chi connectivity index (χ1) is 10.4. The molecule has 0 spiro atoms. The number of halogens is 2. The lowest BCUT2D eigenvalue weighted by molar-refractivity contribution is 0.217. The van der Waals surface area contributed by atoms with Crippen LogP contribution in [0.4, 0.5) is 14.5 Å². The zero-order chi connectivity index (χ0) is 16.2. The van der Waals surface area contributed by atoms with Gasteiger partial charge < -0.3 is 4.74 Å². The Morgan fingerprint density at radius 3 is 2.32 bits per heavy atom. The lowest BCUT2D eigenvalue weighted by Gasteiger charge is -2.13. The van der Waals surface area contributed by atoms with Crippen LogP contribution in [0.3, 0.4) is 0 Å². The lowest BCUT2D eigenvalue weighted by atomic mass is 10.0. The van der Waals surface area contributed by atoms with E-state index in [1.165, 1.54) is 43.5 Å². The molecule has 0 aliphatic rings. The minimum atomic E-state index is -3.62. The summed E-state index contributed by atoms with van der Waals surface area (Å²) in [5, 5.41) is 0. The summed E-state index contributed by atoms with van der Waals surface area (Å²) >= 11 is 0. The summed E-state index contributed by atoms with van der Waals surface area (Å²) < 4.78 is 57.5. The molecule has 22 heavy (non-hydrogen) atoms. The molecule has 7 heteroatoms. The van der Waals surface area contributed by atoms with Crippen LogP contribution < -0.4 is 4.72 Å². The predicted octanol–water partition coefficient (Wildman–Crippen LogP) is 3.02. The van der Waals surface area contributed by atoms with Crippen molar-refractivity contribution in [2.75, 3.05) is 24.2 Å². The molecule has 0 unspecified atom stereocenters. The second-order valence-electron chi connectivity index (χ2n) is 4.61. The molecule has 0 aliphatic carbocycles. The maximum absolute atomic E-state index is 13.5. The Kier molecular flexibility index (Phi) is 5.10. The molecule has 1 N–H and O–H groups in total. The molecule has 0 radical (unpaired) electrons. The van der Waals surface area contributed by atoms with Gasteiger partial charge in [-0.15, -0.1) is 0 Å². The van der Waals surface area contributed by atoms with Crippen molar-refractivity contribution >= 4 is 15.7 Å². The van der Waals surface area contributed by atoms with Crippen molar-refractivity contribution in [1.82, 2.24) is 0 Å². The quantitative estimate of drug-likeness (QED) is 0.887. The molecule has 2 aromatic rings. The van der Waals surface area contributed by atoms with Gasteiger partial charge in [-0.2, -0.15) is 0 Å². The summed E-state index contributed by atoms with van der Waals surface area (Å²) in [7, 11) is -2.22. The second kappa shape index (κ2) is 6.85. The Hall–Kier alpha value is -1.99. The van der Waals surface area contributed by atoms with E-state index in [4.69, 9.17) is 4.74 Å². The number of nitrogens with one attached hydrogen (secondary N) is 1. The van der Waals surface area contributed by atoms with Crippen LogP contribution in [-0.4, -0.2) is 27.9 Å². The van der Waals surface area contributed by atoms with Crippen molar-refractivity contribution in [3.63, 3.8) is 0 Å². The van der Waals surface area contributed by atoms with Gasteiger partial charge in [0.15, 0.2) is 0 Å². The van der Waals surface area contributed by atoms with E-state index >= 15 is 0 Å². The van der Waals surface area contributed by atoms with E-state index in [0.717, 1.165) is 6.07 Å². The standard InChI is InChI=1S/C15H15F2NO3S/c1-21-8-9-22(19,20)18-15-7-6-13(17)10-14(15)11-2-4-12(16)5-3-11/h2-7,10,18H,8-9H2,1H3. The summed E-state index contributed by atoms with van der Waals surface area (Å²) in [6.07, 6.45) is 0. The van der Waals surface area contributed by atoms with E-state index < -0.39 is 21.7 Å². The van der Waals surface area contributed by atoms with Gasteiger partial charge in [0.2, 0.25) is 10.0 Å². The molecule has 2 rings (SSSR count). The van der Waals surface area contributed by atoms with Gasteiger partial charge in [0.25, 0.3) is 0 Å². The number of methoxy groups -OCH3 is 1. The number of anilines is 1. The van der Waals surface area contributed by atoms with Gasteiger partial charge in [0.05, 0.1) is 18.0 Å². The largest absolute Gasteiger partial charge is 0.384 e. The van der Waals surface area contributed by atoms with Crippen LogP contribution in [0, 0.1) is 11.6 Å². The molecule has 4 nitrogen and oxygen atoms in total. The Bertz CT molecular complexity index is 746. The topological polar surface area (TPSA) is 55.4 Å². The minimum Gasteiger partial charge on any atom is -0.384 e. The molecule has 0 aliphatic heterocycles. The Morgan fingerprint density at radius 2 is 1.68 bits per heavy atom. The van der Waals surface area contributed by atoms with Gasteiger partial charge in [-0.1, -0.05) is 12.1 Å². The number of ether oxygens (including phenoxy) is 1. The van der Waals surface area contributed by atoms with E-state index in [0.29, 0.717) is 11.1 Å². The minimum absolute atomic E-state index is 0.0441. The molecule has 0 saturated heterocycles. The summed E-state index contributed by atoms with van der Waals surface area (Å²) in [4.78, 5) is 0. The average molecular weight is 327 g/mol. The molecule has 0 bridgehead atoms. The van der Waals surface area contributed by atoms with Crippen molar-refractivity contribution < 1.29 is 21.9 Å². The molecule has 2 aromatic carbocycles. The Labute approximate surface area is 127 Å². The van der Waals surface area contributed by atoms with Crippen LogP contribution in [-0.2, 0) is 14.8 Å².